The second-order valence-electron chi connectivity index (χ2n) is 3.68. The minimum Gasteiger partial charge on any atom is -0.461 e. The Morgan fingerprint density at radius 1 is 1.17 bits per heavy atom. The van der Waals surface area contributed by atoms with Crippen LogP contribution in [0.1, 0.15) is 18.9 Å². The summed E-state index contributed by atoms with van der Waals surface area (Å²) in [4.78, 5) is 21.8. The summed E-state index contributed by atoms with van der Waals surface area (Å²) >= 11 is 0. The van der Waals surface area contributed by atoms with Crippen molar-refractivity contribution in [2.45, 2.75) is 20.0 Å². The highest BCUT2D eigenvalue weighted by Gasteiger charge is 2.02. The minimum absolute atomic E-state index is 0.112. The lowest BCUT2D eigenvalue weighted by Gasteiger charge is -2.06. The maximum atomic E-state index is 11.3. The van der Waals surface area contributed by atoms with Gasteiger partial charge in [-0.2, -0.15) is 0 Å². The van der Waals surface area contributed by atoms with Crippen LogP contribution in [0, 0.1) is 0 Å². The van der Waals surface area contributed by atoms with Gasteiger partial charge in [0.25, 0.3) is 0 Å². The molecule has 1 N–H and O–H groups in total. The normalized spacial score (nSPS) is 9.83. The van der Waals surface area contributed by atoms with E-state index in [4.69, 9.17) is 4.74 Å². The molecule has 0 aliphatic carbocycles. The third-order valence-electron chi connectivity index (χ3n) is 2.13. The first-order valence-corrected chi connectivity index (χ1v) is 5.72. The van der Waals surface area contributed by atoms with Crippen LogP contribution in [0.2, 0.25) is 0 Å². The van der Waals surface area contributed by atoms with Crippen molar-refractivity contribution in [3.8, 4) is 0 Å². The predicted octanol–water partition coefficient (Wildman–Crippen LogP) is 1.23. The highest BCUT2D eigenvalue weighted by atomic mass is 16.5. The first-order chi connectivity index (χ1) is 8.68. The lowest BCUT2D eigenvalue weighted by Crippen LogP contribution is -2.23. The largest absolute Gasteiger partial charge is 0.461 e. The number of rotatable bonds is 7. The smallest absolute Gasteiger partial charge is 0.307 e. The quantitative estimate of drug-likeness (QED) is 0.448. The van der Waals surface area contributed by atoms with E-state index in [2.05, 4.69) is 10.1 Å². The molecule has 0 unspecified atom stereocenters. The molecule has 1 aromatic rings. The van der Waals surface area contributed by atoms with Gasteiger partial charge in [0.15, 0.2) is 0 Å². The SMILES string of the molecule is CC(=O)OCNCCC(=O)OCc1ccccc1. The Labute approximate surface area is 106 Å². The Hall–Kier alpha value is -1.88. The first-order valence-electron chi connectivity index (χ1n) is 5.72. The van der Waals surface area contributed by atoms with E-state index in [-0.39, 0.29) is 31.7 Å². The summed E-state index contributed by atoms with van der Waals surface area (Å²) < 4.78 is 9.72. The van der Waals surface area contributed by atoms with Crippen molar-refractivity contribution in [1.82, 2.24) is 5.32 Å². The van der Waals surface area contributed by atoms with E-state index in [0.29, 0.717) is 6.54 Å². The van der Waals surface area contributed by atoms with Gasteiger partial charge in [-0.1, -0.05) is 30.3 Å². The van der Waals surface area contributed by atoms with Gasteiger partial charge in [0.1, 0.15) is 13.3 Å². The molecule has 0 atom stereocenters. The van der Waals surface area contributed by atoms with Gasteiger partial charge < -0.3 is 9.47 Å². The Bertz CT molecular complexity index is 378. The third kappa shape index (κ3) is 6.65. The van der Waals surface area contributed by atoms with Crippen LogP contribution < -0.4 is 5.32 Å². The van der Waals surface area contributed by atoms with E-state index in [1.54, 1.807) is 0 Å². The number of hydrogen-bond acceptors (Lipinski definition) is 5. The van der Waals surface area contributed by atoms with Crippen LogP contribution in [0.25, 0.3) is 0 Å². The van der Waals surface area contributed by atoms with Crippen LogP contribution in [0.5, 0.6) is 0 Å². The zero-order valence-electron chi connectivity index (χ0n) is 10.3. The molecule has 18 heavy (non-hydrogen) atoms. The van der Waals surface area contributed by atoms with Gasteiger partial charge >= 0.3 is 11.9 Å². The van der Waals surface area contributed by atoms with Crippen molar-refractivity contribution in [1.29, 1.82) is 0 Å². The van der Waals surface area contributed by atoms with Crippen LogP contribution in [-0.2, 0) is 25.7 Å². The lowest BCUT2D eigenvalue weighted by atomic mass is 10.2. The topological polar surface area (TPSA) is 64.6 Å². The van der Waals surface area contributed by atoms with Crippen molar-refractivity contribution < 1.29 is 19.1 Å². The van der Waals surface area contributed by atoms with Gasteiger partial charge in [-0.05, 0) is 5.56 Å². The molecule has 0 radical (unpaired) electrons. The molecule has 0 amide bonds. The van der Waals surface area contributed by atoms with Crippen molar-refractivity contribution >= 4 is 11.9 Å². The monoisotopic (exact) mass is 251 g/mol. The molecule has 1 aromatic carbocycles. The number of ether oxygens (including phenoxy) is 2. The second kappa shape index (κ2) is 8.25. The molecular weight excluding hydrogens is 234 g/mol. The standard InChI is InChI=1S/C13H17NO4/c1-11(15)18-10-14-8-7-13(16)17-9-12-5-3-2-4-6-12/h2-6,14H,7-10H2,1H3. The summed E-state index contributed by atoms with van der Waals surface area (Å²) in [5, 5.41) is 2.80. The fourth-order valence-corrected chi connectivity index (χ4v) is 1.23. The van der Waals surface area contributed by atoms with Gasteiger partial charge in [0, 0.05) is 13.5 Å². The van der Waals surface area contributed by atoms with E-state index in [0.717, 1.165) is 5.56 Å². The molecule has 0 saturated carbocycles. The zero-order chi connectivity index (χ0) is 13.2. The van der Waals surface area contributed by atoms with Crippen LogP contribution in [-0.4, -0.2) is 25.2 Å². The zero-order valence-corrected chi connectivity index (χ0v) is 10.3. The molecule has 0 fully saturated rings. The van der Waals surface area contributed by atoms with Crippen LogP contribution >= 0.6 is 0 Å². The minimum atomic E-state index is -0.353. The van der Waals surface area contributed by atoms with E-state index in [9.17, 15) is 9.59 Å². The number of carbonyl (C=O) groups is 2. The first kappa shape index (κ1) is 14.2. The summed E-state index contributed by atoms with van der Waals surface area (Å²) in [7, 11) is 0. The molecule has 0 aromatic heterocycles. The maximum Gasteiger partial charge on any atom is 0.307 e. The molecule has 0 aliphatic rings. The van der Waals surface area contributed by atoms with E-state index in [1.165, 1.54) is 6.92 Å². The molecule has 0 aliphatic heterocycles. The van der Waals surface area contributed by atoms with Crippen LogP contribution in [0.15, 0.2) is 30.3 Å². The fourth-order valence-electron chi connectivity index (χ4n) is 1.23. The number of esters is 2. The van der Waals surface area contributed by atoms with E-state index >= 15 is 0 Å². The van der Waals surface area contributed by atoms with Crippen molar-refractivity contribution in [2.75, 3.05) is 13.3 Å². The third-order valence-corrected chi connectivity index (χ3v) is 2.13. The average Bonchev–Trinajstić information content (AvgIpc) is 2.37. The summed E-state index contributed by atoms with van der Waals surface area (Å²) in [5.74, 6) is -0.636. The van der Waals surface area contributed by atoms with Crippen LogP contribution in [0.4, 0.5) is 0 Å². The van der Waals surface area contributed by atoms with Crippen molar-refractivity contribution in [3.05, 3.63) is 35.9 Å². The predicted molar refractivity (Wildman–Crippen MR) is 65.5 cm³/mol. The summed E-state index contributed by atoms with van der Waals surface area (Å²) in [6.45, 7) is 2.14. The number of carbonyl (C=O) groups excluding carboxylic acids is 2. The van der Waals surface area contributed by atoms with Gasteiger partial charge in [-0.3, -0.25) is 14.9 Å². The second-order valence-corrected chi connectivity index (χ2v) is 3.68. The van der Waals surface area contributed by atoms with Crippen LogP contribution in [0.3, 0.4) is 0 Å². The van der Waals surface area contributed by atoms with E-state index < -0.39 is 0 Å². The van der Waals surface area contributed by atoms with Gasteiger partial charge in [0.2, 0.25) is 0 Å². The fraction of sp³-hybridized carbons (Fsp3) is 0.385. The molecule has 0 spiro atoms. The average molecular weight is 251 g/mol. The molecule has 98 valence electrons. The Morgan fingerprint density at radius 2 is 1.89 bits per heavy atom. The number of benzene rings is 1. The maximum absolute atomic E-state index is 11.3. The molecule has 5 heteroatoms. The molecule has 0 saturated heterocycles. The summed E-state index contributed by atoms with van der Waals surface area (Å²) in [6.07, 6.45) is 0.244. The molecule has 5 nitrogen and oxygen atoms in total. The van der Waals surface area contributed by atoms with Crippen molar-refractivity contribution in [2.24, 2.45) is 0 Å². The molecular formula is C13H17NO4. The molecule has 1 rings (SSSR count). The Balaban J connectivity index is 2.06. The molecule has 0 bridgehead atoms. The highest BCUT2D eigenvalue weighted by molar-refractivity contribution is 5.69. The summed E-state index contributed by atoms with van der Waals surface area (Å²) in [5.41, 5.74) is 0.957. The number of nitrogens with one attached hydrogen (secondary N) is 1. The van der Waals surface area contributed by atoms with E-state index in [1.807, 2.05) is 30.3 Å². The van der Waals surface area contributed by atoms with Gasteiger partial charge in [-0.25, -0.2) is 0 Å². The molecule has 0 heterocycles. The Kier molecular flexibility index (Phi) is 6.50. The lowest BCUT2D eigenvalue weighted by molar-refractivity contribution is -0.144. The number of hydrogen-bond donors (Lipinski definition) is 1. The van der Waals surface area contributed by atoms with Crippen molar-refractivity contribution in [3.63, 3.8) is 0 Å². The van der Waals surface area contributed by atoms with Gasteiger partial charge in [0.05, 0.1) is 6.42 Å². The Morgan fingerprint density at radius 3 is 2.56 bits per heavy atom. The summed E-state index contributed by atoms with van der Waals surface area (Å²) in [6, 6.07) is 9.48. The highest BCUT2D eigenvalue weighted by Crippen LogP contribution is 2.01. The van der Waals surface area contributed by atoms with Gasteiger partial charge in [-0.15, -0.1) is 0 Å².